The van der Waals surface area contributed by atoms with Crippen molar-refractivity contribution in [3.05, 3.63) is 176 Å². The first-order valence-electron chi connectivity index (χ1n) is 18.7. The largest absolute Gasteiger partial charge is 0.454 e. The number of aromatic nitrogens is 5. The van der Waals surface area contributed by atoms with Crippen LogP contribution in [0.25, 0.3) is 116 Å². The maximum absolute atomic E-state index is 6.25. The van der Waals surface area contributed by atoms with Gasteiger partial charge in [0.2, 0.25) is 0 Å². The molecule has 56 heavy (non-hydrogen) atoms. The van der Waals surface area contributed by atoms with Gasteiger partial charge < -0.3 is 8.98 Å². The molecule has 0 saturated carbocycles. The zero-order valence-corrected chi connectivity index (χ0v) is 29.9. The van der Waals surface area contributed by atoms with Crippen LogP contribution in [0.2, 0.25) is 0 Å². The molecule has 260 valence electrons. The predicted molar refractivity (Wildman–Crippen MR) is 228 cm³/mol. The molecule has 0 saturated heterocycles. The molecular weight excluding hydrogens is 687 g/mol. The number of rotatable bonds is 4. The molecule has 12 rings (SSSR count). The second-order valence-electron chi connectivity index (χ2n) is 14.2. The topological polar surface area (TPSA) is 69.6 Å². The Morgan fingerprint density at radius 3 is 2.04 bits per heavy atom. The average molecular weight is 716 g/mol. The number of furan rings is 1. The van der Waals surface area contributed by atoms with E-state index in [1.165, 1.54) is 27.1 Å². The van der Waals surface area contributed by atoms with Gasteiger partial charge in [0.05, 0.1) is 22.1 Å². The minimum absolute atomic E-state index is 0.555. The van der Waals surface area contributed by atoms with Gasteiger partial charge in [0.25, 0.3) is 0 Å². The zero-order chi connectivity index (χ0) is 36.7. The van der Waals surface area contributed by atoms with E-state index in [1.807, 2.05) is 30.3 Å². The summed E-state index contributed by atoms with van der Waals surface area (Å²) in [5.41, 5.74) is 8.35. The Bertz CT molecular complexity index is 3560. The van der Waals surface area contributed by atoms with Crippen molar-refractivity contribution in [3.63, 3.8) is 0 Å². The summed E-state index contributed by atoms with van der Waals surface area (Å²) < 4.78 is 8.68. The molecule has 6 nitrogen and oxygen atoms in total. The van der Waals surface area contributed by atoms with E-state index in [-0.39, 0.29) is 0 Å². The van der Waals surface area contributed by atoms with Gasteiger partial charge in [-0.1, -0.05) is 133 Å². The number of benzene rings is 8. The third kappa shape index (κ3) is 4.56. The van der Waals surface area contributed by atoms with E-state index in [1.54, 1.807) is 6.20 Å². The minimum atomic E-state index is 0.555. The highest BCUT2D eigenvalue weighted by atomic mass is 16.3. The molecule has 0 spiro atoms. The molecule has 0 aliphatic carbocycles. The first kappa shape index (κ1) is 30.7. The lowest BCUT2D eigenvalue weighted by molar-refractivity contribution is 0.668. The molecule has 6 heteroatoms. The van der Waals surface area contributed by atoms with Crippen molar-refractivity contribution in [1.82, 2.24) is 24.5 Å². The summed E-state index contributed by atoms with van der Waals surface area (Å²) in [6.45, 7) is 0. The van der Waals surface area contributed by atoms with Crippen LogP contribution in [-0.2, 0) is 0 Å². The number of nitrogens with zero attached hydrogens (tertiary/aromatic N) is 5. The molecule has 0 aliphatic heterocycles. The van der Waals surface area contributed by atoms with Crippen LogP contribution in [0.4, 0.5) is 0 Å². The molecule has 4 aromatic heterocycles. The number of hydrogen-bond acceptors (Lipinski definition) is 5. The fraction of sp³-hybridized carbons (Fsp3) is 0. The van der Waals surface area contributed by atoms with Gasteiger partial charge in [-0.25, -0.2) is 15.0 Å². The van der Waals surface area contributed by atoms with Crippen molar-refractivity contribution in [2.45, 2.75) is 0 Å². The lowest BCUT2D eigenvalue weighted by atomic mass is 10.0. The molecule has 0 N–H and O–H groups in total. The molecule has 0 aliphatic rings. The highest BCUT2D eigenvalue weighted by Crippen LogP contribution is 2.41. The van der Waals surface area contributed by atoms with Crippen LogP contribution in [0.1, 0.15) is 0 Å². The molecule has 0 bridgehead atoms. The molecule has 4 heterocycles. The van der Waals surface area contributed by atoms with E-state index >= 15 is 0 Å². The van der Waals surface area contributed by atoms with Crippen molar-refractivity contribution in [1.29, 1.82) is 0 Å². The first-order valence-corrected chi connectivity index (χ1v) is 18.7. The summed E-state index contributed by atoms with van der Waals surface area (Å²) >= 11 is 0. The van der Waals surface area contributed by atoms with E-state index in [0.717, 1.165) is 71.5 Å². The van der Waals surface area contributed by atoms with E-state index < -0.39 is 0 Å². The molecule has 0 radical (unpaired) electrons. The smallest absolute Gasteiger partial charge is 0.164 e. The first-order chi connectivity index (χ1) is 27.8. The quantitative estimate of drug-likeness (QED) is 0.181. The summed E-state index contributed by atoms with van der Waals surface area (Å²) in [5.74, 6) is 1.74. The summed E-state index contributed by atoms with van der Waals surface area (Å²) in [4.78, 5) is 20.4. The number of pyridine rings is 1. The van der Waals surface area contributed by atoms with E-state index in [2.05, 4.69) is 144 Å². The van der Waals surface area contributed by atoms with Crippen LogP contribution in [-0.4, -0.2) is 24.5 Å². The van der Waals surface area contributed by atoms with Gasteiger partial charge >= 0.3 is 0 Å². The molecule has 0 fully saturated rings. The minimum Gasteiger partial charge on any atom is -0.454 e. The SMILES string of the molecule is c1ccc2cc(-c3nc(-c4cccc5c(-n6c7ccccc7c7ccc8ccccc8c76)cccc45)nc(-c4cccc5oc6cccnc6c45)n3)ccc2c1. The Balaban J connectivity index is 1.14. The zero-order valence-electron chi connectivity index (χ0n) is 29.9. The molecule has 0 unspecified atom stereocenters. The summed E-state index contributed by atoms with van der Waals surface area (Å²) in [5, 5.41) is 10.2. The second kappa shape index (κ2) is 11.9. The number of para-hydroxylation sites is 1. The standard InChI is InChI=1S/C50H29N5O/c1-2-13-32-29-33(25-24-30(32)11-1)48-52-49(54-50(53-48)40-19-9-22-43-45(40)46-44(56-43)23-10-28-51-46)39-18-7-17-36-35(39)16-8-21-42(36)55-41-20-6-5-15-37(41)38-27-26-31-12-3-4-14-34(31)47(38)55/h1-29H. The van der Waals surface area contributed by atoms with Crippen LogP contribution in [0.5, 0.6) is 0 Å². The van der Waals surface area contributed by atoms with Crippen molar-refractivity contribution >= 4 is 76.2 Å². The van der Waals surface area contributed by atoms with Gasteiger partial charge in [-0.3, -0.25) is 4.98 Å². The Labute approximate surface area is 320 Å². The third-order valence-corrected chi connectivity index (χ3v) is 11.1. The van der Waals surface area contributed by atoms with Gasteiger partial charge in [0.1, 0.15) is 11.1 Å². The van der Waals surface area contributed by atoms with Crippen LogP contribution in [0.3, 0.4) is 0 Å². The fourth-order valence-electron chi connectivity index (χ4n) is 8.56. The van der Waals surface area contributed by atoms with E-state index in [4.69, 9.17) is 24.4 Å². The maximum Gasteiger partial charge on any atom is 0.164 e. The lowest BCUT2D eigenvalue weighted by Gasteiger charge is -2.15. The molecular formula is C50H29N5O. The number of hydrogen-bond donors (Lipinski definition) is 0. The Kier molecular flexibility index (Phi) is 6.53. The van der Waals surface area contributed by atoms with Crippen LogP contribution in [0.15, 0.2) is 180 Å². The third-order valence-electron chi connectivity index (χ3n) is 11.1. The average Bonchev–Trinajstić information content (AvgIpc) is 3.82. The Morgan fingerprint density at radius 1 is 0.429 bits per heavy atom. The lowest BCUT2D eigenvalue weighted by Crippen LogP contribution is -2.01. The van der Waals surface area contributed by atoms with Crippen LogP contribution >= 0.6 is 0 Å². The molecule has 0 amide bonds. The predicted octanol–water partition coefficient (Wildman–Crippen LogP) is 12.7. The summed E-state index contributed by atoms with van der Waals surface area (Å²) in [7, 11) is 0. The maximum atomic E-state index is 6.25. The molecule has 12 aromatic rings. The molecule has 8 aromatic carbocycles. The van der Waals surface area contributed by atoms with Gasteiger partial charge in [0, 0.05) is 44.4 Å². The highest BCUT2D eigenvalue weighted by Gasteiger charge is 2.21. The summed E-state index contributed by atoms with van der Waals surface area (Å²) in [6, 6.07) is 59.3. The van der Waals surface area contributed by atoms with Gasteiger partial charge in [-0.05, 0) is 57.9 Å². The van der Waals surface area contributed by atoms with Gasteiger partial charge in [-0.15, -0.1) is 0 Å². The van der Waals surface area contributed by atoms with Crippen molar-refractivity contribution < 1.29 is 4.42 Å². The monoisotopic (exact) mass is 715 g/mol. The van der Waals surface area contributed by atoms with Crippen molar-refractivity contribution in [2.24, 2.45) is 0 Å². The molecule has 0 atom stereocenters. The second-order valence-corrected chi connectivity index (χ2v) is 14.2. The van der Waals surface area contributed by atoms with Crippen LogP contribution < -0.4 is 0 Å². The number of fused-ring (bicyclic) bond motifs is 10. The van der Waals surface area contributed by atoms with Gasteiger partial charge in [0.15, 0.2) is 23.1 Å². The van der Waals surface area contributed by atoms with E-state index in [0.29, 0.717) is 17.5 Å². The van der Waals surface area contributed by atoms with Gasteiger partial charge in [-0.2, -0.15) is 0 Å². The van der Waals surface area contributed by atoms with E-state index in [9.17, 15) is 0 Å². The normalized spacial score (nSPS) is 11.9. The Morgan fingerprint density at radius 2 is 1.11 bits per heavy atom. The highest BCUT2D eigenvalue weighted by molar-refractivity contribution is 6.19. The summed E-state index contributed by atoms with van der Waals surface area (Å²) in [6.07, 6.45) is 1.79. The van der Waals surface area contributed by atoms with Crippen molar-refractivity contribution in [2.75, 3.05) is 0 Å². The Hall–Kier alpha value is -7.70. The van der Waals surface area contributed by atoms with Crippen molar-refractivity contribution in [3.8, 4) is 39.9 Å². The fourth-order valence-corrected chi connectivity index (χ4v) is 8.56. The van der Waals surface area contributed by atoms with Crippen LogP contribution in [0, 0.1) is 0 Å².